The molecule has 0 spiro atoms. The van der Waals surface area contributed by atoms with Crippen LogP contribution in [-0.2, 0) is 11.3 Å². The van der Waals surface area contributed by atoms with Crippen molar-refractivity contribution in [3.63, 3.8) is 0 Å². The number of carbonyl (C=O) groups is 1. The van der Waals surface area contributed by atoms with E-state index < -0.39 is 0 Å². The summed E-state index contributed by atoms with van der Waals surface area (Å²) in [4.78, 5) is 23.6. The molecule has 0 fully saturated rings. The first kappa shape index (κ1) is 15.1. The van der Waals surface area contributed by atoms with Crippen LogP contribution < -0.4 is 16.6 Å². The van der Waals surface area contributed by atoms with Gasteiger partial charge in [0.25, 0.3) is 5.56 Å². The van der Waals surface area contributed by atoms with Crippen LogP contribution in [0, 0.1) is 6.92 Å². The first-order valence-electron chi connectivity index (χ1n) is 6.48. The molecule has 6 heteroatoms. The normalized spacial score (nSPS) is 10.4. The predicted octanol–water partition coefficient (Wildman–Crippen LogP) is 2.42. The average molecular weight is 306 g/mol. The van der Waals surface area contributed by atoms with E-state index >= 15 is 0 Å². The zero-order chi connectivity index (χ0) is 15.4. The molecule has 0 saturated heterocycles. The zero-order valence-corrected chi connectivity index (χ0v) is 12.4. The van der Waals surface area contributed by atoms with E-state index in [9.17, 15) is 9.59 Å². The summed E-state index contributed by atoms with van der Waals surface area (Å²) in [5, 5.41) is 3.09. The number of halogens is 1. The van der Waals surface area contributed by atoms with Crippen molar-refractivity contribution in [2.45, 2.75) is 19.9 Å². The third-order valence-corrected chi connectivity index (χ3v) is 3.41. The van der Waals surface area contributed by atoms with Gasteiger partial charge in [-0.1, -0.05) is 17.7 Å². The largest absolute Gasteiger partial charge is 0.399 e. The van der Waals surface area contributed by atoms with Crippen LogP contribution in [0.4, 0.5) is 11.4 Å². The molecule has 2 rings (SSSR count). The number of aryl methyl sites for hydroxylation is 1. The Morgan fingerprint density at radius 1 is 1.33 bits per heavy atom. The van der Waals surface area contributed by atoms with Gasteiger partial charge in [-0.05, 0) is 31.2 Å². The van der Waals surface area contributed by atoms with Crippen LogP contribution in [0.3, 0.4) is 0 Å². The molecule has 0 bridgehead atoms. The molecule has 0 aliphatic carbocycles. The van der Waals surface area contributed by atoms with E-state index in [1.165, 1.54) is 6.07 Å². The van der Waals surface area contributed by atoms with Crippen molar-refractivity contribution in [1.82, 2.24) is 4.57 Å². The molecule has 0 aliphatic rings. The van der Waals surface area contributed by atoms with Gasteiger partial charge in [0, 0.05) is 30.4 Å². The Hall–Kier alpha value is -2.27. The number of pyridine rings is 1. The SMILES string of the molecule is Cc1cccc(=O)n1CCC(=O)Nc1ccc(N)cc1Cl. The lowest BCUT2D eigenvalue weighted by Gasteiger charge is -2.10. The topological polar surface area (TPSA) is 77.1 Å². The van der Waals surface area contributed by atoms with Crippen molar-refractivity contribution in [2.75, 3.05) is 11.1 Å². The monoisotopic (exact) mass is 305 g/mol. The number of nitrogens with zero attached hydrogens (tertiary/aromatic N) is 1. The Morgan fingerprint density at radius 3 is 2.76 bits per heavy atom. The second-order valence-electron chi connectivity index (χ2n) is 4.69. The highest BCUT2D eigenvalue weighted by atomic mass is 35.5. The average Bonchev–Trinajstić information content (AvgIpc) is 2.41. The number of nitrogens with two attached hydrogens (primary N) is 1. The minimum atomic E-state index is -0.211. The van der Waals surface area contributed by atoms with Gasteiger partial charge in [-0.2, -0.15) is 0 Å². The highest BCUT2D eigenvalue weighted by Gasteiger charge is 2.07. The van der Waals surface area contributed by atoms with Crippen LogP contribution in [0.15, 0.2) is 41.2 Å². The Bertz CT molecular complexity index is 725. The van der Waals surface area contributed by atoms with Gasteiger partial charge < -0.3 is 15.6 Å². The quantitative estimate of drug-likeness (QED) is 0.852. The number of hydrogen-bond donors (Lipinski definition) is 2. The second kappa shape index (κ2) is 6.45. The number of carbonyl (C=O) groups excluding carboxylic acids is 1. The maximum Gasteiger partial charge on any atom is 0.250 e. The molecule has 0 radical (unpaired) electrons. The van der Waals surface area contributed by atoms with Gasteiger partial charge >= 0.3 is 0 Å². The molecule has 1 aromatic heterocycles. The number of amides is 1. The van der Waals surface area contributed by atoms with Crippen LogP contribution in [-0.4, -0.2) is 10.5 Å². The number of nitrogen functional groups attached to an aromatic ring is 1. The molecule has 0 unspecified atom stereocenters. The summed E-state index contributed by atoms with van der Waals surface area (Å²) >= 11 is 5.99. The zero-order valence-electron chi connectivity index (χ0n) is 11.6. The van der Waals surface area contributed by atoms with E-state index in [0.29, 0.717) is 22.9 Å². The summed E-state index contributed by atoms with van der Waals surface area (Å²) < 4.78 is 1.56. The second-order valence-corrected chi connectivity index (χ2v) is 5.10. The van der Waals surface area contributed by atoms with Crippen molar-refractivity contribution < 1.29 is 4.79 Å². The fourth-order valence-electron chi connectivity index (χ4n) is 1.97. The predicted molar refractivity (Wildman–Crippen MR) is 84.6 cm³/mol. The third-order valence-electron chi connectivity index (χ3n) is 3.10. The van der Waals surface area contributed by atoms with Gasteiger partial charge in [0.15, 0.2) is 0 Å². The number of rotatable bonds is 4. The van der Waals surface area contributed by atoms with Gasteiger partial charge in [-0.3, -0.25) is 9.59 Å². The number of benzene rings is 1. The Morgan fingerprint density at radius 2 is 2.10 bits per heavy atom. The fourth-order valence-corrected chi connectivity index (χ4v) is 2.21. The lowest BCUT2D eigenvalue weighted by atomic mass is 10.2. The molecular formula is C15H16ClN3O2. The highest BCUT2D eigenvalue weighted by molar-refractivity contribution is 6.34. The van der Waals surface area contributed by atoms with Crippen molar-refractivity contribution in [1.29, 1.82) is 0 Å². The van der Waals surface area contributed by atoms with E-state index in [1.807, 2.05) is 13.0 Å². The van der Waals surface area contributed by atoms with Gasteiger partial charge in [0.1, 0.15) is 0 Å². The molecule has 0 aliphatic heterocycles. The van der Waals surface area contributed by atoms with Crippen molar-refractivity contribution in [3.8, 4) is 0 Å². The van der Waals surface area contributed by atoms with Gasteiger partial charge in [-0.15, -0.1) is 0 Å². The molecule has 1 aromatic carbocycles. The summed E-state index contributed by atoms with van der Waals surface area (Å²) in [5.41, 5.74) is 7.33. The van der Waals surface area contributed by atoms with E-state index in [4.69, 9.17) is 17.3 Å². The summed E-state index contributed by atoms with van der Waals surface area (Å²) in [5.74, 6) is -0.211. The highest BCUT2D eigenvalue weighted by Crippen LogP contribution is 2.24. The molecule has 2 aromatic rings. The number of nitrogens with one attached hydrogen (secondary N) is 1. The van der Waals surface area contributed by atoms with Crippen molar-refractivity contribution >= 4 is 28.9 Å². The molecule has 110 valence electrons. The van der Waals surface area contributed by atoms with Crippen LogP contribution in [0.1, 0.15) is 12.1 Å². The van der Waals surface area contributed by atoms with E-state index in [0.717, 1.165) is 5.69 Å². The number of aromatic nitrogens is 1. The lowest BCUT2D eigenvalue weighted by Crippen LogP contribution is -2.24. The molecule has 5 nitrogen and oxygen atoms in total. The molecule has 0 saturated carbocycles. The minimum absolute atomic E-state index is 0.117. The first-order chi connectivity index (χ1) is 9.97. The van der Waals surface area contributed by atoms with Gasteiger partial charge in [0.2, 0.25) is 5.91 Å². The Kier molecular flexibility index (Phi) is 4.65. The maximum atomic E-state index is 11.9. The fraction of sp³-hybridized carbons (Fsp3) is 0.200. The lowest BCUT2D eigenvalue weighted by molar-refractivity contribution is -0.116. The van der Waals surface area contributed by atoms with Crippen LogP contribution in [0.5, 0.6) is 0 Å². The number of hydrogen-bond acceptors (Lipinski definition) is 3. The van der Waals surface area contributed by atoms with Gasteiger partial charge in [0.05, 0.1) is 10.7 Å². The summed E-state index contributed by atoms with van der Waals surface area (Å²) in [7, 11) is 0. The summed E-state index contributed by atoms with van der Waals surface area (Å²) in [6, 6.07) is 9.88. The first-order valence-corrected chi connectivity index (χ1v) is 6.86. The number of anilines is 2. The van der Waals surface area contributed by atoms with Crippen LogP contribution >= 0.6 is 11.6 Å². The summed E-state index contributed by atoms with van der Waals surface area (Å²) in [6.45, 7) is 2.15. The Balaban J connectivity index is 2.01. The molecule has 1 amide bonds. The summed E-state index contributed by atoms with van der Waals surface area (Å²) in [6.07, 6.45) is 0.186. The molecule has 0 atom stereocenters. The maximum absolute atomic E-state index is 11.9. The smallest absolute Gasteiger partial charge is 0.250 e. The third kappa shape index (κ3) is 3.86. The van der Waals surface area contributed by atoms with E-state index in [-0.39, 0.29) is 17.9 Å². The van der Waals surface area contributed by atoms with E-state index in [1.54, 1.807) is 28.8 Å². The minimum Gasteiger partial charge on any atom is -0.399 e. The molecular weight excluding hydrogens is 290 g/mol. The van der Waals surface area contributed by atoms with Crippen LogP contribution in [0.25, 0.3) is 0 Å². The Labute approximate surface area is 127 Å². The van der Waals surface area contributed by atoms with Crippen LogP contribution in [0.2, 0.25) is 5.02 Å². The van der Waals surface area contributed by atoms with Crippen molar-refractivity contribution in [2.24, 2.45) is 0 Å². The van der Waals surface area contributed by atoms with Crippen molar-refractivity contribution in [3.05, 3.63) is 57.5 Å². The molecule has 21 heavy (non-hydrogen) atoms. The molecule has 1 heterocycles. The molecule has 3 N–H and O–H groups in total. The van der Waals surface area contributed by atoms with Gasteiger partial charge in [-0.25, -0.2) is 0 Å². The standard InChI is InChI=1S/C15H16ClN3O2/c1-10-3-2-4-15(21)19(10)8-7-14(20)18-13-6-5-11(17)9-12(13)16/h2-6,9H,7-8,17H2,1H3,(H,18,20). The van der Waals surface area contributed by atoms with E-state index in [2.05, 4.69) is 5.32 Å².